The van der Waals surface area contributed by atoms with Gasteiger partial charge >= 0.3 is 0 Å². The second-order valence-electron chi connectivity index (χ2n) is 7.37. The van der Waals surface area contributed by atoms with Crippen LogP contribution in [0.1, 0.15) is 57.2 Å². The lowest BCUT2D eigenvalue weighted by Crippen LogP contribution is -2.46. The van der Waals surface area contributed by atoms with Gasteiger partial charge in [-0.25, -0.2) is 0 Å². The van der Waals surface area contributed by atoms with Gasteiger partial charge in [0.1, 0.15) is 17.1 Å². The third-order valence-corrected chi connectivity index (χ3v) is 5.47. The molecule has 4 heteroatoms. The smallest absolute Gasteiger partial charge is 0.261 e. The van der Waals surface area contributed by atoms with Crippen LogP contribution in [0.25, 0.3) is 0 Å². The van der Waals surface area contributed by atoms with Crippen LogP contribution in [0.15, 0.2) is 48.5 Å². The van der Waals surface area contributed by atoms with Gasteiger partial charge in [-0.05, 0) is 50.5 Å². The summed E-state index contributed by atoms with van der Waals surface area (Å²) >= 11 is 0. The molecule has 0 aliphatic carbocycles. The Bertz CT molecular complexity index is 798. The zero-order valence-corrected chi connectivity index (χ0v) is 16.6. The summed E-state index contributed by atoms with van der Waals surface area (Å²) in [6.45, 7) is 8.07. The maximum absolute atomic E-state index is 12.8. The van der Waals surface area contributed by atoms with E-state index in [-0.39, 0.29) is 17.6 Å². The molecule has 1 heterocycles. The Hall–Kier alpha value is -2.49. The fourth-order valence-corrected chi connectivity index (χ4v) is 3.67. The van der Waals surface area contributed by atoms with E-state index < -0.39 is 6.10 Å². The second-order valence-corrected chi connectivity index (χ2v) is 7.37. The van der Waals surface area contributed by atoms with E-state index in [0.717, 1.165) is 36.1 Å². The molecule has 1 amide bonds. The Morgan fingerprint density at radius 1 is 1.22 bits per heavy atom. The van der Waals surface area contributed by atoms with Crippen LogP contribution in [0.2, 0.25) is 0 Å². The quantitative estimate of drug-likeness (QED) is 0.785. The zero-order valence-electron chi connectivity index (χ0n) is 16.6. The number of carbonyl (C=O) groups excluding carboxylic acids is 1. The summed E-state index contributed by atoms with van der Waals surface area (Å²) in [5, 5.41) is 3.19. The number of rotatable bonds is 6. The fourth-order valence-electron chi connectivity index (χ4n) is 3.67. The summed E-state index contributed by atoms with van der Waals surface area (Å²) in [5.41, 5.74) is 1.90. The van der Waals surface area contributed by atoms with E-state index in [4.69, 9.17) is 9.47 Å². The topological polar surface area (TPSA) is 47.6 Å². The van der Waals surface area contributed by atoms with Gasteiger partial charge in [-0.1, -0.05) is 44.2 Å². The number of carbonyl (C=O) groups is 1. The van der Waals surface area contributed by atoms with Crippen molar-refractivity contribution in [3.05, 3.63) is 59.7 Å². The van der Waals surface area contributed by atoms with Gasteiger partial charge in [0.2, 0.25) is 0 Å². The third-order valence-electron chi connectivity index (χ3n) is 5.47. The highest BCUT2D eigenvalue weighted by atomic mass is 16.5. The summed E-state index contributed by atoms with van der Waals surface area (Å²) in [5.74, 6) is 1.46. The monoisotopic (exact) mass is 367 g/mol. The van der Waals surface area contributed by atoms with E-state index in [1.807, 2.05) is 55.5 Å². The molecule has 2 aromatic rings. The van der Waals surface area contributed by atoms with Gasteiger partial charge in [-0.3, -0.25) is 4.79 Å². The Kier molecular flexibility index (Phi) is 5.73. The number of hydrogen-bond donors (Lipinski definition) is 1. The average molecular weight is 367 g/mol. The van der Waals surface area contributed by atoms with Crippen molar-refractivity contribution in [2.75, 3.05) is 0 Å². The number of hydrogen-bond acceptors (Lipinski definition) is 3. The van der Waals surface area contributed by atoms with Crippen LogP contribution in [0.5, 0.6) is 11.5 Å². The minimum Gasteiger partial charge on any atom is -0.487 e. The van der Waals surface area contributed by atoms with E-state index in [1.165, 1.54) is 0 Å². The molecule has 2 unspecified atom stereocenters. The molecule has 0 aromatic heterocycles. The number of nitrogens with one attached hydrogen (secondary N) is 1. The first-order valence-corrected chi connectivity index (χ1v) is 9.78. The van der Waals surface area contributed by atoms with Crippen molar-refractivity contribution in [2.24, 2.45) is 0 Å². The molecule has 144 valence electrons. The predicted octanol–water partition coefficient (Wildman–Crippen LogP) is 4.96. The molecule has 1 N–H and O–H groups in total. The Labute approximate surface area is 161 Å². The van der Waals surface area contributed by atoms with E-state index >= 15 is 0 Å². The van der Waals surface area contributed by atoms with Crippen molar-refractivity contribution in [1.82, 2.24) is 5.32 Å². The zero-order chi connectivity index (χ0) is 19.4. The van der Waals surface area contributed by atoms with Gasteiger partial charge in [0, 0.05) is 12.0 Å². The lowest BCUT2D eigenvalue weighted by atomic mass is 9.83. The van der Waals surface area contributed by atoms with Crippen LogP contribution in [0.3, 0.4) is 0 Å². The molecule has 0 saturated heterocycles. The number of amides is 1. The highest BCUT2D eigenvalue weighted by Crippen LogP contribution is 2.42. The van der Waals surface area contributed by atoms with Crippen molar-refractivity contribution < 1.29 is 14.3 Å². The van der Waals surface area contributed by atoms with Crippen molar-refractivity contribution in [3.8, 4) is 11.5 Å². The molecule has 0 fully saturated rings. The Morgan fingerprint density at radius 2 is 1.96 bits per heavy atom. The van der Waals surface area contributed by atoms with Crippen molar-refractivity contribution >= 4 is 5.91 Å². The van der Waals surface area contributed by atoms with E-state index in [9.17, 15) is 4.79 Å². The molecular formula is C23H29NO3. The van der Waals surface area contributed by atoms with Gasteiger partial charge < -0.3 is 14.8 Å². The minimum atomic E-state index is -0.570. The predicted molar refractivity (Wildman–Crippen MR) is 107 cm³/mol. The summed E-state index contributed by atoms with van der Waals surface area (Å²) in [4.78, 5) is 12.8. The largest absolute Gasteiger partial charge is 0.487 e. The Morgan fingerprint density at radius 3 is 2.67 bits per heavy atom. The van der Waals surface area contributed by atoms with E-state index in [1.54, 1.807) is 6.92 Å². The molecule has 0 spiro atoms. The number of para-hydroxylation sites is 1. The number of fused-ring (bicyclic) bond motifs is 1. The molecule has 3 rings (SSSR count). The molecular weight excluding hydrogens is 338 g/mol. The third kappa shape index (κ3) is 4.26. The van der Waals surface area contributed by atoms with Crippen LogP contribution in [-0.2, 0) is 4.79 Å². The molecule has 1 aliphatic heterocycles. The normalized spacial score (nSPS) is 18.7. The van der Waals surface area contributed by atoms with Crippen molar-refractivity contribution in [2.45, 2.75) is 64.7 Å². The number of benzene rings is 2. The second kappa shape index (κ2) is 8.03. The van der Waals surface area contributed by atoms with Crippen molar-refractivity contribution in [1.29, 1.82) is 0 Å². The molecule has 0 radical (unpaired) electrons. The summed E-state index contributed by atoms with van der Waals surface area (Å²) < 4.78 is 12.2. The first-order valence-electron chi connectivity index (χ1n) is 9.78. The van der Waals surface area contributed by atoms with Gasteiger partial charge in [0.15, 0.2) is 6.10 Å². The van der Waals surface area contributed by atoms with Gasteiger partial charge in [0.05, 0.1) is 6.04 Å². The van der Waals surface area contributed by atoms with Gasteiger partial charge in [-0.2, -0.15) is 0 Å². The van der Waals surface area contributed by atoms with Crippen LogP contribution in [0, 0.1) is 6.92 Å². The molecule has 0 bridgehead atoms. The number of ether oxygens (including phenoxy) is 2. The van der Waals surface area contributed by atoms with Gasteiger partial charge in [0.25, 0.3) is 5.91 Å². The summed E-state index contributed by atoms with van der Waals surface area (Å²) in [6.07, 6.45) is 2.00. The lowest BCUT2D eigenvalue weighted by Gasteiger charge is -2.41. The first-order chi connectivity index (χ1) is 13.0. The molecule has 1 aliphatic rings. The van der Waals surface area contributed by atoms with Crippen LogP contribution < -0.4 is 14.8 Å². The number of aryl methyl sites for hydroxylation is 1. The SMILES string of the molecule is CCC1(CC)CC(NC(=O)C(C)Oc2cccc(C)c2)c2ccccc2O1. The highest BCUT2D eigenvalue weighted by Gasteiger charge is 2.39. The Balaban J connectivity index is 1.75. The molecule has 4 nitrogen and oxygen atoms in total. The van der Waals surface area contributed by atoms with E-state index in [0.29, 0.717) is 5.75 Å². The first kappa shape index (κ1) is 19.3. The fraction of sp³-hybridized carbons (Fsp3) is 0.435. The standard InChI is InChI=1S/C23H29NO3/c1-5-23(6-2)15-20(19-12-7-8-13-21(19)27-23)24-22(25)17(4)26-18-11-9-10-16(3)14-18/h7-14,17,20H,5-6,15H2,1-4H3,(H,24,25). The van der Waals surface area contributed by atoms with Crippen molar-refractivity contribution in [3.63, 3.8) is 0 Å². The minimum absolute atomic E-state index is 0.0779. The summed E-state index contributed by atoms with van der Waals surface area (Å²) in [6, 6.07) is 15.6. The maximum atomic E-state index is 12.8. The molecule has 0 saturated carbocycles. The van der Waals surface area contributed by atoms with Gasteiger partial charge in [-0.15, -0.1) is 0 Å². The maximum Gasteiger partial charge on any atom is 0.261 e. The molecule has 2 aromatic carbocycles. The summed E-state index contributed by atoms with van der Waals surface area (Å²) in [7, 11) is 0. The van der Waals surface area contributed by atoms with E-state index in [2.05, 4.69) is 19.2 Å². The van der Waals surface area contributed by atoms with Crippen LogP contribution >= 0.6 is 0 Å². The molecule has 27 heavy (non-hydrogen) atoms. The molecule has 2 atom stereocenters. The highest BCUT2D eigenvalue weighted by molar-refractivity contribution is 5.81. The average Bonchev–Trinajstić information content (AvgIpc) is 2.67. The lowest BCUT2D eigenvalue weighted by molar-refractivity contribution is -0.128. The van der Waals surface area contributed by atoms with Crippen LogP contribution in [-0.4, -0.2) is 17.6 Å². The van der Waals surface area contributed by atoms with Crippen LogP contribution in [0.4, 0.5) is 0 Å².